The van der Waals surface area contributed by atoms with Gasteiger partial charge in [0.05, 0.1) is 79.4 Å². The van der Waals surface area contributed by atoms with Crippen molar-refractivity contribution in [2.45, 2.75) is 60.3 Å². The fraction of sp³-hybridized carbons (Fsp3) is 0.357. The number of allylic oxidation sites excluding steroid dienone is 15. The van der Waals surface area contributed by atoms with Gasteiger partial charge in [0.1, 0.15) is 5.92 Å². The third-order valence-electron chi connectivity index (χ3n) is 11.0. The van der Waals surface area contributed by atoms with Crippen LogP contribution in [-0.2, 0) is 38.1 Å². The van der Waals surface area contributed by atoms with Crippen LogP contribution in [0.1, 0.15) is 60.3 Å². The summed E-state index contributed by atoms with van der Waals surface area (Å²) in [5.41, 5.74) is 8.61. The Morgan fingerprint density at radius 2 is 1.40 bits per heavy atom. The fourth-order valence-electron chi connectivity index (χ4n) is 7.89. The topological polar surface area (TPSA) is 175 Å². The van der Waals surface area contributed by atoms with Gasteiger partial charge in [-0.25, -0.2) is 19.8 Å². The maximum atomic E-state index is 13.7. The fourth-order valence-corrected chi connectivity index (χ4v) is 7.89. The van der Waals surface area contributed by atoms with Gasteiger partial charge in [-0.3, -0.25) is 14.4 Å². The largest absolute Gasteiger partial charge is 0.512 e. The van der Waals surface area contributed by atoms with E-state index in [0.717, 1.165) is 22.3 Å². The molecule has 2 N–H and O–H groups in total. The molecule has 0 aromatic rings. The molecule has 55 heavy (non-hydrogen) atoms. The molecule has 1 saturated heterocycles. The van der Waals surface area contributed by atoms with Crippen LogP contribution in [0.25, 0.3) is 0 Å². The third-order valence-corrected chi connectivity index (χ3v) is 11.0. The highest BCUT2D eigenvalue weighted by Crippen LogP contribution is 2.55. The molecule has 0 aromatic heterocycles. The van der Waals surface area contributed by atoms with Gasteiger partial charge in [-0.2, -0.15) is 0 Å². The minimum absolute atomic E-state index is 0.0377. The number of hydrogen-bond acceptors (Lipinski definition) is 13. The summed E-state index contributed by atoms with van der Waals surface area (Å²) >= 11 is 0. The Hall–Kier alpha value is -6.11. The number of esters is 4. The third kappa shape index (κ3) is 6.68. The standard InChI is InChI=1S/C42H44N4O9/c1-20-24(11-14-36(48)52-6)31-18-32-25(12-15-37(49)53-7)21(2)29(44-32)17-33-27-13-10-26(40(50)54-8)39(41(51)55-9)42(27,5)35(46-33)19-34-38(23(4)47)22(3)30(45-34)16-28(20)43-31/h10,13,16-19,39,46-47H,11-12,14-15H2,1-9H3/b28-16?,32-18?,33-17?,35-19?,38-23-/t39-,42+/m0/s1. The SMILES string of the molecule is COC(=O)CCC1=C(C)C2=NC1=CC1=NC(=CC3=C(C)/C(=C(\C)O)C(=N3)C=C3NC(=C2)C2=CC=C(C(=O)OC)[C@@H](C(=O)OC)[C@@]32C)C(C)=C1CCC(=O)OC. The van der Waals surface area contributed by atoms with Crippen molar-refractivity contribution >= 4 is 41.0 Å². The number of aliphatic imine (C=N–C) groups is 3. The lowest BCUT2D eigenvalue weighted by atomic mass is 9.64. The van der Waals surface area contributed by atoms with Gasteiger partial charge in [-0.1, -0.05) is 12.2 Å². The minimum Gasteiger partial charge on any atom is -0.512 e. The van der Waals surface area contributed by atoms with Crippen molar-refractivity contribution in [2.24, 2.45) is 26.3 Å². The van der Waals surface area contributed by atoms with Gasteiger partial charge in [-0.15, -0.1) is 0 Å². The molecule has 13 nitrogen and oxygen atoms in total. The average Bonchev–Trinajstić information content (AvgIpc) is 3.82. The molecule has 0 saturated carbocycles. The molecule has 5 aliphatic heterocycles. The second-order valence-electron chi connectivity index (χ2n) is 14.0. The summed E-state index contributed by atoms with van der Waals surface area (Å²) in [7, 11) is 5.22. The zero-order chi connectivity index (χ0) is 39.9. The number of aliphatic hydroxyl groups is 1. The van der Waals surface area contributed by atoms with Crippen molar-refractivity contribution in [3.05, 3.63) is 115 Å². The number of nitrogens with one attached hydrogen (secondary N) is 1. The first-order valence-electron chi connectivity index (χ1n) is 17.8. The number of nitrogens with zero attached hydrogens (tertiary/aromatic N) is 3. The van der Waals surface area contributed by atoms with Crippen molar-refractivity contribution < 1.29 is 43.2 Å². The molecule has 1 fully saturated rings. The van der Waals surface area contributed by atoms with Crippen molar-refractivity contribution in [2.75, 3.05) is 28.4 Å². The van der Waals surface area contributed by atoms with E-state index in [1.807, 2.05) is 45.9 Å². The van der Waals surface area contributed by atoms with E-state index < -0.39 is 23.3 Å². The Labute approximate surface area is 319 Å². The zero-order valence-corrected chi connectivity index (χ0v) is 32.4. The number of rotatable bonds is 8. The number of carbonyl (C=O) groups is 4. The predicted molar refractivity (Wildman–Crippen MR) is 205 cm³/mol. The van der Waals surface area contributed by atoms with E-state index in [1.54, 1.807) is 25.2 Å². The van der Waals surface area contributed by atoms with Crippen LogP contribution in [0, 0.1) is 11.3 Å². The highest BCUT2D eigenvalue weighted by Gasteiger charge is 2.55. The maximum absolute atomic E-state index is 13.7. The van der Waals surface area contributed by atoms with E-state index in [4.69, 9.17) is 33.9 Å². The summed E-state index contributed by atoms with van der Waals surface area (Å²) in [5, 5.41) is 14.6. The van der Waals surface area contributed by atoms with Gasteiger partial charge in [0.15, 0.2) is 0 Å². The lowest BCUT2D eigenvalue weighted by Crippen LogP contribution is -2.41. The summed E-state index contributed by atoms with van der Waals surface area (Å²) in [6, 6.07) is 0. The van der Waals surface area contributed by atoms with E-state index in [0.29, 0.717) is 75.2 Å². The maximum Gasteiger partial charge on any atom is 0.334 e. The second-order valence-corrected chi connectivity index (χ2v) is 14.0. The number of methoxy groups -OCH3 is 4. The molecule has 0 unspecified atom stereocenters. The Kier molecular flexibility index (Phi) is 10.5. The number of carbonyl (C=O) groups excluding carboxylic acids is 4. The zero-order valence-electron chi connectivity index (χ0n) is 32.4. The first-order chi connectivity index (χ1) is 26.2. The normalized spacial score (nSPS) is 23.6. The molecular formula is C42H44N4O9. The van der Waals surface area contributed by atoms with Gasteiger partial charge in [0.2, 0.25) is 0 Å². The van der Waals surface area contributed by atoms with Gasteiger partial charge in [0, 0.05) is 29.8 Å². The Balaban J connectivity index is 1.66. The summed E-state index contributed by atoms with van der Waals surface area (Å²) in [6.45, 7) is 9.14. The molecule has 6 rings (SSSR count). The van der Waals surface area contributed by atoms with Crippen LogP contribution < -0.4 is 5.32 Å². The van der Waals surface area contributed by atoms with Crippen LogP contribution in [0.3, 0.4) is 0 Å². The number of hydrogen-bond donors (Lipinski definition) is 2. The second kappa shape index (κ2) is 15.0. The Bertz CT molecular complexity index is 2260. The molecule has 13 heteroatoms. The number of aliphatic hydroxyl groups excluding tert-OH is 1. The van der Waals surface area contributed by atoms with E-state index in [2.05, 4.69) is 5.32 Å². The van der Waals surface area contributed by atoms with E-state index in [9.17, 15) is 24.3 Å². The molecule has 0 amide bonds. The molecule has 2 atom stereocenters. The molecular weight excluding hydrogens is 704 g/mol. The van der Waals surface area contributed by atoms with Crippen LogP contribution in [-0.4, -0.2) is 74.6 Å². The van der Waals surface area contributed by atoms with Crippen LogP contribution in [0.4, 0.5) is 0 Å². The molecule has 5 heterocycles. The summed E-state index contributed by atoms with van der Waals surface area (Å²) < 4.78 is 20.3. The smallest absolute Gasteiger partial charge is 0.334 e. The molecule has 6 aliphatic rings. The molecule has 0 aromatic carbocycles. The van der Waals surface area contributed by atoms with Crippen molar-refractivity contribution in [3.8, 4) is 0 Å². The molecule has 0 spiro atoms. The van der Waals surface area contributed by atoms with E-state index >= 15 is 0 Å². The van der Waals surface area contributed by atoms with Crippen LogP contribution in [0.5, 0.6) is 0 Å². The Morgan fingerprint density at radius 3 is 2.02 bits per heavy atom. The number of ether oxygens (including phenoxy) is 4. The van der Waals surface area contributed by atoms with Gasteiger partial charge >= 0.3 is 23.9 Å². The van der Waals surface area contributed by atoms with Gasteiger partial charge < -0.3 is 29.4 Å². The summed E-state index contributed by atoms with van der Waals surface area (Å²) in [6.07, 6.45) is 11.7. The predicted octanol–water partition coefficient (Wildman–Crippen LogP) is 5.98. The van der Waals surface area contributed by atoms with Crippen molar-refractivity contribution in [1.29, 1.82) is 0 Å². The quantitative estimate of drug-likeness (QED) is 0.171. The van der Waals surface area contributed by atoms with Crippen LogP contribution >= 0.6 is 0 Å². The number of fused-ring (bicyclic) bond motifs is 8. The van der Waals surface area contributed by atoms with E-state index in [1.165, 1.54) is 28.4 Å². The van der Waals surface area contributed by atoms with E-state index in [-0.39, 0.29) is 36.1 Å². The Morgan fingerprint density at radius 1 is 0.745 bits per heavy atom. The van der Waals surface area contributed by atoms with Crippen LogP contribution in [0.2, 0.25) is 0 Å². The lowest BCUT2D eigenvalue weighted by molar-refractivity contribution is -0.150. The van der Waals surface area contributed by atoms with Crippen LogP contribution in [0.15, 0.2) is 130 Å². The highest BCUT2D eigenvalue weighted by molar-refractivity contribution is 6.18. The first kappa shape index (κ1) is 38.6. The summed E-state index contributed by atoms with van der Waals surface area (Å²) in [5.74, 6) is -3.12. The molecule has 0 radical (unpaired) electrons. The molecule has 8 bridgehead atoms. The minimum atomic E-state index is -1.20. The van der Waals surface area contributed by atoms with Crippen molar-refractivity contribution in [3.63, 3.8) is 0 Å². The summed E-state index contributed by atoms with van der Waals surface area (Å²) in [4.78, 5) is 66.7. The average molecular weight is 749 g/mol. The highest BCUT2D eigenvalue weighted by atomic mass is 16.5. The van der Waals surface area contributed by atoms with Gasteiger partial charge in [0.25, 0.3) is 0 Å². The monoisotopic (exact) mass is 748 g/mol. The van der Waals surface area contributed by atoms with Crippen molar-refractivity contribution in [1.82, 2.24) is 5.32 Å². The first-order valence-corrected chi connectivity index (χ1v) is 17.8. The lowest BCUT2D eigenvalue weighted by Gasteiger charge is -2.36. The molecule has 1 aliphatic carbocycles. The molecule has 286 valence electrons. The van der Waals surface area contributed by atoms with Gasteiger partial charge in [-0.05, 0) is 105 Å².